The van der Waals surface area contributed by atoms with Gasteiger partial charge in [0.2, 0.25) is 5.95 Å². The van der Waals surface area contributed by atoms with Crippen LogP contribution in [0.5, 0.6) is 0 Å². The Bertz CT molecular complexity index is 766. The molecule has 142 valence electrons. The van der Waals surface area contributed by atoms with Crippen LogP contribution in [0.1, 0.15) is 5.56 Å². The summed E-state index contributed by atoms with van der Waals surface area (Å²) in [6.07, 6.45) is -4.38. The maximum Gasteiger partial charge on any atom is 0.406 e. The number of rotatable bonds is 5. The minimum Gasteiger partial charge on any atom is -0.378 e. The summed E-state index contributed by atoms with van der Waals surface area (Å²) in [5, 5.41) is 9.09. The van der Waals surface area contributed by atoms with Crippen LogP contribution in [0.4, 0.5) is 19.1 Å². The van der Waals surface area contributed by atoms with Crippen LogP contribution in [0.2, 0.25) is 10.0 Å². The molecule has 0 aliphatic carbocycles. The van der Waals surface area contributed by atoms with Gasteiger partial charge in [-0.1, -0.05) is 41.0 Å². The van der Waals surface area contributed by atoms with Crippen molar-refractivity contribution in [2.75, 3.05) is 31.2 Å². The fraction of sp³-hybridized carbons (Fsp3) is 0.467. The van der Waals surface area contributed by atoms with E-state index in [4.69, 9.17) is 27.9 Å². The molecule has 1 aliphatic rings. The van der Waals surface area contributed by atoms with Crippen molar-refractivity contribution in [3.63, 3.8) is 0 Å². The van der Waals surface area contributed by atoms with E-state index in [0.29, 0.717) is 42.1 Å². The van der Waals surface area contributed by atoms with Crippen LogP contribution in [-0.4, -0.2) is 47.2 Å². The van der Waals surface area contributed by atoms with Crippen molar-refractivity contribution in [1.82, 2.24) is 14.8 Å². The molecule has 1 aliphatic heterocycles. The van der Waals surface area contributed by atoms with Crippen LogP contribution >= 0.6 is 35.0 Å². The monoisotopic (exact) mass is 426 g/mol. The maximum absolute atomic E-state index is 13.1. The Labute approximate surface area is 162 Å². The van der Waals surface area contributed by atoms with Crippen molar-refractivity contribution < 1.29 is 17.9 Å². The number of hydrogen-bond acceptors (Lipinski definition) is 5. The normalized spacial score (nSPS) is 15.5. The SMILES string of the molecule is FC(F)(F)Cn1c(SCc2ccc(Cl)cc2Cl)nnc1N1CCOCC1. The Morgan fingerprint density at radius 3 is 2.54 bits per heavy atom. The number of hydrogen-bond donors (Lipinski definition) is 0. The summed E-state index contributed by atoms with van der Waals surface area (Å²) in [6, 6.07) is 5.02. The standard InChI is InChI=1S/C15H15Cl2F3N4OS/c16-11-2-1-10(12(17)7-11)8-26-14-22-21-13(23-3-5-25-6-4-23)24(14)9-15(18,19)20/h1-2,7H,3-6,8-9H2. The molecule has 0 saturated carbocycles. The molecule has 2 heterocycles. The van der Waals surface area contributed by atoms with Gasteiger partial charge in [-0.05, 0) is 17.7 Å². The zero-order valence-electron chi connectivity index (χ0n) is 13.5. The third-order valence-corrected chi connectivity index (χ3v) is 5.30. The lowest BCUT2D eigenvalue weighted by Gasteiger charge is -2.28. The van der Waals surface area contributed by atoms with E-state index in [1.807, 2.05) is 0 Å². The molecule has 0 bridgehead atoms. The van der Waals surface area contributed by atoms with Crippen LogP contribution in [-0.2, 0) is 17.0 Å². The summed E-state index contributed by atoms with van der Waals surface area (Å²) >= 11 is 13.1. The van der Waals surface area contributed by atoms with E-state index in [1.165, 1.54) is 0 Å². The van der Waals surface area contributed by atoms with Gasteiger partial charge in [0.25, 0.3) is 0 Å². The van der Waals surface area contributed by atoms with E-state index in [0.717, 1.165) is 21.9 Å². The lowest BCUT2D eigenvalue weighted by molar-refractivity contribution is -0.141. The molecule has 1 fully saturated rings. The summed E-state index contributed by atoms with van der Waals surface area (Å²) in [7, 11) is 0. The number of nitrogens with zero attached hydrogens (tertiary/aromatic N) is 4. The molecule has 1 aromatic heterocycles. The van der Waals surface area contributed by atoms with Crippen LogP contribution in [0.15, 0.2) is 23.4 Å². The van der Waals surface area contributed by atoms with E-state index < -0.39 is 12.7 Å². The second kappa shape index (κ2) is 8.24. The fourth-order valence-corrected chi connectivity index (χ4v) is 3.98. The van der Waals surface area contributed by atoms with Gasteiger partial charge >= 0.3 is 6.18 Å². The molecule has 0 atom stereocenters. The number of morpholine rings is 1. The molecule has 11 heteroatoms. The molecule has 0 N–H and O–H groups in total. The second-order valence-corrected chi connectivity index (χ2v) is 7.39. The molecule has 3 rings (SSSR count). The van der Waals surface area contributed by atoms with Gasteiger partial charge in [-0.3, -0.25) is 4.57 Å². The number of benzene rings is 1. The first kappa shape index (κ1) is 19.6. The van der Waals surface area contributed by atoms with Crippen molar-refractivity contribution in [2.24, 2.45) is 0 Å². The molecular weight excluding hydrogens is 412 g/mol. The molecule has 26 heavy (non-hydrogen) atoms. The topological polar surface area (TPSA) is 43.2 Å². The Balaban J connectivity index is 1.82. The highest BCUT2D eigenvalue weighted by Gasteiger charge is 2.32. The summed E-state index contributed by atoms with van der Waals surface area (Å²) in [5.74, 6) is 0.560. The van der Waals surface area contributed by atoms with Crippen molar-refractivity contribution in [3.05, 3.63) is 33.8 Å². The molecule has 0 unspecified atom stereocenters. The van der Waals surface area contributed by atoms with Gasteiger partial charge in [0, 0.05) is 28.9 Å². The van der Waals surface area contributed by atoms with Crippen molar-refractivity contribution in [2.45, 2.75) is 23.6 Å². The van der Waals surface area contributed by atoms with E-state index in [1.54, 1.807) is 23.1 Å². The minimum atomic E-state index is -4.38. The largest absolute Gasteiger partial charge is 0.406 e. The van der Waals surface area contributed by atoms with E-state index in [2.05, 4.69) is 10.2 Å². The number of anilines is 1. The Hall–Kier alpha value is -1.16. The van der Waals surface area contributed by atoms with Crippen LogP contribution in [0.25, 0.3) is 0 Å². The van der Waals surface area contributed by atoms with Crippen molar-refractivity contribution in [3.8, 4) is 0 Å². The summed E-state index contributed by atoms with van der Waals surface area (Å²) in [4.78, 5) is 1.75. The second-order valence-electron chi connectivity index (χ2n) is 5.61. The molecule has 2 aromatic rings. The first-order chi connectivity index (χ1) is 12.3. The summed E-state index contributed by atoms with van der Waals surface area (Å²) in [6.45, 7) is 0.695. The highest BCUT2D eigenvalue weighted by Crippen LogP contribution is 2.31. The molecule has 0 radical (unpaired) electrons. The predicted octanol–water partition coefficient (Wildman–Crippen LogP) is 4.28. The predicted molar refractivity (Wildman–Crippen MR) is 95.1 cm³/mol. The summed E-state index contributed by atoms with van der Waals surface area (Å²) < 4.78 is 45.5. The molecular formula is C15H15Cl2F3N4OS. The van der Waals surface area contributed by atoms with E-state index in [9.17, 15) is 13.2 Å². The number of thioether (sulfide) groups is 1. The summed E-state index contributed by atoms with van der Waals surface area (Å²) in [5.41, 5.74) is 0.760. The number of aromatic nitrogens is 3. The number of halogens is 5. The molecule has 1 saturated heterocycles. The molecule has 0 amide bonds. The lowest BCUT2D eigenvalue weighted by Crippen LogP contribution is -2.38. The van der Waals surface area contributed by atoms with E-state index in [-0.39, 0.29) is 11.1 Å². The van der Waals surface area contributed by atoms with E-state index >= 15 is 0 Å². The molecule has 1 aromatic carbocycles. The first-order valence-electron chi connectivity index (χ1n) is 7.73. The Morgan fingerprint density at radius 1 is 1.15 bits per heavy atom. The quantitative estimate of drug-likeness (QED) is 0.667. The van der Waals surface area contributed by atoms with Gasteiger partial charge in [-0.15, -0.1) is 10.2 Å². The lowest BCUT2D eigenvalue weighted by atomic mass is 10.2. The van der Waals surface area contributed by atoms with Gasteiger partial charge in [0.05, 0.1) is 13.2 Å². The third-order valence-electron chi connectivity index (χ3n) is 3.70. The minimum absolute atomic E-state index is 0.190. The molecule has 0 spiro atoms. The Kier molecular flexibility index (Phi) is 6.21. The van der Waals surface area contributed by atoms with Crippen molar-refractivity contribution >= 4 is 40.9 Å². The average molecular weight is 427 g/mol. The van der Waals surface area contributed by atoms with Gasteiger partial charge in [-0.25, -0.2) is 0 Å². The highest BCUT2D eigenvalue weighted by atomic mass is 35.5. The van der Waals surface area contributed by atoms with Crippen LogP contribution in [0.3, 0.4) is 0 Å². The van der Waals surface area contributed by atoms with Crippen LogP contribution in [0, 0.1) is 0 Å². The number of ether oxygens (including phenoxy) is 1. The maximum atomic E-state index is 13.1. The molecule has 5 nitrogen and oxygen atoms in total. The fourth-order valence-electron chi connectivity index (χ4n) is 2.48. The van der Waals surface area contributed by atoms with Gasteiger partial charge < -0.3 is 9.64 Å². The zero-order valence-corrected chi connectivity index (χ0v) is 15.8. The highest BCUT2D eigenvalue weighted by molar-refractivity contribution is 7.98. The third kappa shape index (κ3) is 4.97. The van der Waals surface area contributed by atoms with Gasteiger partial charge in [-0.2, -0.15) is 13.2 Å². The first-order valence-corrected chi connectivity index (χ1v) is 9.47. The van der Waals surface area contributed by atoms with Gasteiger partial charge in [0.1, 0.15) is 6.54 Å². The van der Waals surface area contributed by atoms with Crippen LogP contribution < -0.4 is 4.90 Å². The zero-order chi connectivity index (χ0) is 18.7. The number of alkyl halides is 3. The van der Waals surface area contributed by atoms with Gasteiger partial charge in [0.15, 0.2) is 5.16 Å². The smallest absolute Gasteiger partial charge is 0.378 e. The average Bonchev–Trinajstić information content (AvgIpc) is 2.96. The van der Waals surface area contributed by atoms with Crippen molar-refractivity contribution in [1.29, 1.82) is 0 Å². The Morgan fingerprint density at radius 2 is 1.88 bits per heavy atom.